The Labute approximate surface area is 116 Å². The number of rotatable bonds is 3. The summed E-state index contributed by atoms with van der Waals surface area (Å²) < 4.78 is -0.687. The lowest BCUT2D eigenvalue weighted by Crippen LogP contribution is -2.68. The topological polar surface area (TPSA) is 94.8 Å². The molecule has 1 aliphatic rings. The van der Waals surface area contributed by atoms with Crippen LogP contribution in [-0.2, 0) is 11.3 Å². The lowest BCUT2D eigenvalue weighted by Gasteiger charge is -2.40. The normalized spacial score (nSPS) is 33.0. The Balaban J connectivity index is 2.50. The highest BCUT2D eigenvalue weighted by atomic mass is 16.4. The Bertz CT molecular complexity index is 532. The summed E-state index contributed by atoms with van der Waals surface area (Å²) >= 11 is 0. The van der Waals surface area contributed by atoms with Crippen LogP contribution in [0.4, 0.5) is 4.79 Å². The van der Waals surface area contributed by atoms with Crippen molar-refractivity contribution in [3.8, 4) is 0 Å². The zero-order valence-corrected chi connectivity index (χ0v) is 11.2. The average molecular weight is 280 g/mol. The monoisotopic (exact) mass is 280 g/mol. The fourth-order valence-corrected chi connectivity index (χ4v) is 2.97. The van der Waals surface area contributed by atoms with Crippen LogP contribution >= 0.6 is 0 Å². The first-order valence-corrected chi connectivity index (χ1v) is 6.40. The van der Waals surface area contributed by atoms with Crippen molar-refractivity contribution in [3.05, 3.63) is 35.9 Å². The molecule has 108 valence electrons. The Kier molecular flexibility index (Phi) is 3.54. The van der Waals surface area contributed by atoms with Crippen molar-refractivity contribution in [1.29, 1.82) is 0 Å². The van der Waals surface area contributed by atoms with E-state index >= 15 is 0 Å². The van der Waals surface area contributed by atoms with Gasteiger partial charge in [-0.3, -0.25) is 0 Å². The summed E-state index contributed by atoms with van der Waals surface area (Å²) in [6.45, 7) is 1.44. The van der Waals surface area contributed by atoms with Crippen LogP contribution in [0.3, 0.4) is 0 Å². The van der Waals surface area contributed by atoms with E-state index in [-0.39, 0.29) is 19.5 Å². The smallest absolute Gasteiger partial charge is 0.477 e. The molecule has 1 heterocycles. The molecule has 20 heavy (non-hydrogen) atoms. The van der Waals surface area contributed by atoms with Gasteiger partial charge in [0.1, 0.15) is 12.6 Å². The molecule has 1 saturated heterocycles. The number of aliphatic hydroxyl groups excluding tert-OH is 1. The standard InChI is InChI=1S/C14H17NO5/c1-14(12(17)18)11(16)7-8-15(14,13(19)20)9-10-5-3-2-4-6-10/h2-6,11,16H,7-9H2,1H3,(H-,17,18,19,20)/p+1/t11-,14-,15?/m0/s1. The van der Waals surface area contributed by atoms with E-state index in [0.717, 1.165) is 5.56 Å². The molecule has 1 aromatic carbocycles. The van der Waals surface area contributed by atoms with Gasteiger partial charge in [-0.15, -0.1) is 0 Å². The van der Waals surface area contributed by atoms with Gasteiger partial charge in [0.25, 0.3) is 0 Å². The predicted molar refractivity (Wildman–Crippen MR) is 70.0 cm³/mol. The van der Waals surface area contributed by atoms with Gasteiger partial charge in [0.15, 0.2) is 0 Å². The molecular weight excluding hydrogens is 262 g/mol. The van der Waals surface area contributed by atoms with Gasteiger partial charge in [0.05, 0.1) is 6.54 Å². The minimum Gasteiger partial charge on any atom is -0.477 e. The molecule has 1 aromatic rings. The molecule has 6 nitrogen and oxygen atoms in total. The number of aliphatic carboxylic acids is 1. The molecule has 3 N–H and O–H groups in total. The third kappa shape index (κ3) is 1.88. The van der Waals surface area contributed by atoms with Crippen molar-refractivity contribution < 1.29 is 29.4 Å². The maximum absolute atomic E-state index is 11.8. The fourth-order valence-electron chi connectivity index (χ4n) is 2.97. The summed E-state index contributed by atoms with van der Waals surface area (Å²) in [4.78, 5) is 23.4. The maximum Gasteiger partial charge on any atom is 0.514 e. The number of hydrogen-bond acceptors (Lipinski definition) is 3. The number of aliphatic hydroxyl groups is 1. The fraction of sp³-hybridized carbons (Fsp3) is 0.429. The number of hydrogen-bond donors (Lipinski definition) is 3. The van der Waals surface area contributed by atoms with Gasteiger partial charge < -0.3 is 15.3 Å². The van der Waals surface area contributed by atoms with E-state index in [9.17, 15) is 24.9 Å². The van der Waals surface area contributed by atoms with Gasteiger partial charge in [-0.25, -0.2) is 9.28 Å². The molecule has 1 amide bonds. The third-order valence-corrected chi connectivity index (χ3v) is 4.42. The van der Waals surface area contributed by atoms with Gasteiger partial charge in [-0.2, -0.15) is 4.79 Å². The SMILES string of the molecule is C[C@@]1(C(=O)O)[C@@H](O)CC[N+]1(Cc1ccccc1)C(=O)O. The second-order valence-electron chi connectivity index (χ2n) is 5.37. The van der Waals surface area contributed by atoms with Crippen LogP contribution < -0.4 is 0 Å². The zero-order valence-electron chi connectivity index (χ0n) is 11.2. The molecule has 0 aromatic heterocycles. The highest BCUT2D eigenvalue weighted by molar-refractivity contribution is 5.80. The summed E-state index contributed by atoms with van der Waals surface area (Å²) in [5.41, 5.74) is -1.02. The van der Waals surface area contributed by atoms with Gasteiger partial charge in [0, 0.05) is 18.9 Å². The first kappa shape index (κ1) is 14.5. The van der Waals surface area contributed by atoms with E-state index in [1.54, 1.807) is 24.3 Å². The first-order chi connectivity index (χ1) is 9.34. The summed E-state index contributed by atoms with van der Waals surface area (Å²) in [6, 6.07) is 8.88. The number of carbonyl (C=O) groups is 2. The molecular formula is C14H18NO5+. The summed E-state index contributed by atoms with van der Waals surface area (Å²) in [5, 5.41) is 29.1. The molecule has 0 spiro atoms. The zero-order chi connectivity index (χ0) is 15.0. The van der Waals surface area contributed by atoms with Crippen LogP contribution in [0.25, 0.3) is 0 Å². The average Bonchev–Trinajstić information content (AvgIpc) is 2.67. The van der Waals surface area contributed by atoms with E-state index in [2.05, 4.69) is 0 Å². The van der Waals surface area contributed by atoms with Gasteiger partial charge >= 0.3 is 12.1 Å². The Morgan fingerprint density at radius 3 is 2.40 bits per heavy atom. The minimum atomic E-state index is -1.75. The largest absolute Gasteiger partial charge is 0.514 e. The quantitative estimate of drug-likeness (QED) is 0.725. The Morgan fingerprint density at radius 2 is 1.90 bits per heavy atom. The van der Waals surface area contributed by atoms with E-state index in [4.69, 9.17) is 0 Å². The number of amides is 1. The number of likely N-dealkylation sites (tertiary alicyclic amines) is 1. The van der Waals surface area contributed by atoms with Crippen LogP contribution in [0.1, 0.15) is 18.9 Å². The highest BCUT2D eigenvalue weighted by Crippen LogP contribution is 2.40. The van der Waals surface area contributed by atoms with Crippen LogP contribution in [0, 0.1) is 0 Å². The van der Waals surface area contributed by atoms with E-state index in [0.29, 0.717) is 0 Å². The molecule has 0 radical (unpaired) electrons. The molecule has 0 saturated carbocycles. The molecule has 1 unspecified atom stereocenters. The van der Waals surface area contributed by atoms with Crippen molar-refractivity contribution in [2.45, 2.75) is 31.5 Å². The third-order valence-electron chi connectivity index (χ3n) is 4.42. The van der Waals surface area contributed by atoms with Crippen molar-refractivity contribution in [2.75, 3.05) is 6.54 Å². The summed E-state index contributed by atoms with van der Waals surface area (Å²) in [7, 11) is 0. The molecule has 1 aliphatic heterocycles. The number of nitrogens with zero attached hydrogens (tertiary/aromatic N) is 1. The van der Waals surface area contributed by atoms with Crippen LogP contribution in [-0.4, -0.2) is 50.1 Å². The molecule has 0 bridgehead atoms. The van der Waals surface area contributed by atoms with Gasteiger partial charge in [0.2, 0.25) is 5.54 Å². The maximum atomic E-state index is 11.8. The Hall–Kier alpha value is -1.92. The van der Waals surface area contributed by atoms with Crippen LogP contribution in [0.2, 0.25) is 0 Å². The molecule has 2 rings (SSSR count). The Morgan fingerprint density at radius 1 is 1.30 bits per heavy atom. The van der Waals surface area contributed by atoms with Crippen LogP contribution in [0.15, 0.2) is 30.3 Å². The minimum absolute atomic E-state index is 0.0377. The van der Waals surface area contributed by atoms with Crippen LogP contribution in [0.5, 0.6) is 0 Å². The number of quaternary nitrogens is 1. The number of benzene rings is 1. The lowest BCUT2D eigenvalue weighted by molar-refractivity contribution is -0.899. The second kappa shape index (κ2) is 4.88. The van der Waals surface area contributed by atoms with E-state index in [1.165, 1.54) is 6.92 Å². The van der Waals surface area contributed by atoms with Crippen molar-refractivity contribution in [2.24, 2.45) is 0 Å². The van der Waals surface area contributed by atoms with E-state index < -0.39 is 28.2 Å². The van der Waals surface area contributed by atoms with Crippen molar-refractivity contribution >= 4 is 12.1 Å². The molecule has 6 heteroatoms. The molecule has 0 aliphatic carbocycles. The molecule has 3 atom stereocenters. The highest BCUT2D eigenvalue weighted by Gasteiger charge is 2.67. The van der Waals surface area contributed by atoms with E-state index in [1.807, 2.05) is 6.07 Å². The number of carboxylic acids is 1. The number of carboxylic acid groups (broad SMARTS) is 2. The predicted octanol–water partition coefficient (Wildman–Crippen LogP) is 1.29. The summed E-state index contributed by atoms with van der Waals surface area (Å²) in [6.07, 6.45) is -2.25. The van der Waals surface area contributed by atoms with Gasteiger partial charge in [-0.05, 0) is 0 Å². The van der Waals surface area contributed by atoms with Crippen molar-refractivity contribution in [1.82, 2.24) is 0 Å². The van der Waals surface area contributed by atoms with Crippen molar-refractivity contribution in [3.63, 3.8) is 0 Å². The molecule has 1 fully saturated rings. The van der Waals surface area contributed by atoms with Gasteiger partial charge in [-0.1, -0.05) is 30.3 Å². The second-order valence-corrected chi connectivity index (χ2v) is 5.37. The summed E-state index contributed by atoms with van der Waals surface area (Å²) in [5.74, 6) is -1.29. The first-order valence-electron chi connectivity index (χ1n) is 6.40. The lowest BCUT2D eigenvalue weighted by atomic mass is 9.93.